The summed E-state index contributed by atoms with van der Waals surface area (Å²) in [5.74, 6) is 1.77. The molecule has 2 rings (SSSR count). The molecule has 0 spiro atoms. The Kier molecular flexibility index (Phi) is 3.14. The Morgan fingerprint density at radius 3 is 2.94 bits per heavy atom. The van der Waals surface area contributed by atoms with Crippen LogP contribution in [0.5, 0.6) is 0 Å². The fourth-order valence-electron chi connectivity index (χ4n) is 1.37. The fourth-order valence-corrected chi connectivity index (χ4v) is 2.43. The summed E-state index contributed by atoms with van der Waals surface area (Å²) in [6, 6.07) is 5.95. The molecule has 0 aliphatic heterocycles. The summed E-state index contributed by atoms with van der Waals surface area (Å²) >= 11 is 1.73. The topological polar surface area (TPSA) is 56.7 Å². The maximum Gasteiger partial charge on any atom is 0.138 e. The van der Waals surface area contributed by atoms with E-state index in [1.165, 1.54) is 10.5 Å². The molecule has 0 radical (unpaired) electrons. The maximum absolute atomic E-state index is 5.76. The first-order chi connectivity index (χ1) is 7.66. The first-order valence-corrected chi connectivity index (χ1v) is 5.97. The third kappa shape index (κ3) is 2.36. The normalized spacial score (nSPS) is 10.6. The minimum absolute atomic E-state index is 0.797. The van der Waals surface area contributed by atoms with Crippen molar-refractivity contribution in [3.8, 4) is 0 Å². The molecule has 0 saturated carbocycles. The molecule has 0 aliphatic rings. The number of nitrogens with two attached hydrogens (primary N) is 1. The van der Waals surface area contributed by atoms with Gasteiger partial charge in [0.1, 0.15) is 12.2 Å². The summed E-state index contributed by atoms with van der Waals surface area (Å²) in [6.45, 7) is 2.08. The Morgan fingerprint density at radius 2 is 2.25 bits per heavy atom. The van der Waals surface area contributed by atoms with Crippen molar-refractivity contribution in [2.24, 2.45) is 7.05 Å². The number of nitrogen functional groups attached to an aromatic ring is 1. The lowest BCUT2D eigenvalue weighted by molar-refractivity contribution is 0.730. The van der Waals surface area contributed by atoms with Crippen molar-refractivity contribution < 1.29 is 0 Å². The molecule has 0 saturated heterocycles. The van der Waals surface area contributed by atoms with E-state index in [2.05, 4.69) is 17.0 Å². The van der Waals surface area contributed by atoms with E-state index in [4.69, 9.17) is 5.73 Å². The zero-order chi connectivity index (χ0) is 11.5. The van der Waals surface area contributed by atoms with Gasteiger partial charge in [-0.1, -0.05) is 6.07 Å². The van der Waals surface area contributed by atoms with Crippen LogP contribution in [-0.4, -0.2) is 14.8 Å². The number of anilines is 1. The number of aromatic nitrogens is 3. The Morgan fingerprint density at radius 1 is 1.44 bits per heavy atom. The number of hydrogen-bond acceptors (Lipinski definition) is 4. The molecule has 0 unspecified atom stereocenters. The average molecular weight is 234 g/mol. The molecule has 1 aromatic carbocycles. The standard InChI is InChI=1S/C11H14N4S/c1-8-3-4-9(12)5-10(8)16-6-11-13-7-14-15(11)2/h3-5,7H,6,12H2,1-2H3. The molecule has 16 heavy (non-hydrogen) atoms. The lowest BCUT2D eigenvalue weighted by Gasteiger charge is -2.06. The molecule has 4 nitrogen and oxygen atoms in total. The van der Waals surface area contributed by atoms with Gasteiger partial charge in [0.15, 0.2) is 0 Å². The van der Waals surface area contributed by atoms with E-state index in [-0.39, 0.29) is 0 Å². The lowest BCUT2D eigenvalue weighted by atomic mass is 10.2. The Labute approximate surface area is 98.9 Å². The molecule has 0 atom stereocenters. The summed E-state index contributed by atoms with van der Waals surface area (Å²) in [7, 11) is 1.90. The highest BCUT2D eigenvalue weighted by Crippen LogP contribution is 2.26. The lowest BCUT2D eigenvalue weighted by Crippen LogP contribution is -1.97. The van der Waals surface area contributed by atoms with Crippen LogP contribution in [0.25, 0.3) is 0 Å². The molecule has 1 heterocycles. The quantitative estimate of drug-likeness (QED) is 0.652. The predicted molar refractivity (Wildman–Crippen MR) is 66.2 cm³/mol. The summed E-state index contributed by atoms with van der Waals surface area (Å²) in [6.07, 6.45) is 1.57. The van der Waals surface area contributed by atoms with Crippen molar-refractivity contribution in [2.75, 3.05) is 5.73 Å². The maximum atomic E-state index is 5.76. The summed E-state index contributed by atoms with van der Waals surface area (Å²) in [4.78, 5) is 5.38. The number of benzene rings is 1. The number of rotatable bonds is 3. The molecule has 1 aromatic heterocycles. The molecule has 5 heteroatoms. The summed E-state index contributed by atoms with van der Waals surface area (Å²) in [5.41, 5.74) is 7.79. The van der Waals surface area contributed by atoms with Gasteiger partial charge in [-0.05, 0) is 24.6 Å². The van der Waals surface area contributed by atoms with E-state index in [1.54, 1.807) is 22.8 Å². The third-order valence-corrected chi connectivity index (χ3v) is 3.53. The molecule has 0 aliphatic carbocycles. The van der Waals surface area contributed by atoms with Gasteiger partial charge in [-0.2, -0.15) is 5.10 Å². The van der Waals surface area contributed by atoms with Crippen molar-refractivity contribution in [3.63, 3.8) is 0 Å². The minimum atomic E-state index is 0.797. The van der Waals surface area contributed by atoms with Gasteiger partial charge < -0.3 is 5.73 Å². The largest absolute Gasteiger partial charge is 0.399 e. The van der Waals surface area contributed by atoms with E-state index in [0.29, 0.717) is 0 Å². The SMILES string of the molecule is Cc1ccc(N)cc1SCc1ncnn1C. The van der Waals surface area contributed by atoms with E-state index in [1.807, 2.05) is 25.2 Å². The van der Waals surface area contributed by atoms with Gasteiger partial charge in [-0.25, -0.2) is 4.98 Å². The predicted octanol–water partition coefficient (Wildman–Crippen LogP) is 2.00. The van der Waals surface area contributed by atoms with Gasteiger partial charge in [-0.3, -0.25) is 4.68 Å². The number of thioether (sulfide) groups is 1. The molecule has 0 amide bonds. The second-order valence-electron chi connectivity index (χ2n) is 3.61. The van der Waals surface area contributed by atoms with E-state index < -0.39 is 0 Å². The van der Waals surface area contributed by atoms with Crippen LogP contribution in [0.3, 0.4) is 0 Å². The first-order valence-electron chi connectivity index (χ1n) is 4.98. The number of nitrogens with zero attached hydrogens (tertiary/aromatic N) is 3. The zero-order valence-corrected chi connectivity index (χ0v) is 10.2. The van der Waals surface area contributed by atoms with Crippen molar-refractivity contribution in [3.05, 3.63) is 35.9 Å². The van der Waals surface area contributed by atoms with Crippen LogP contribution in [0.4, 0.5) is 5.69 Å². The summed E-state index contributed by atoms with van der Waals surface area (Å²) < 4.78 is 1.79. The second kappa shape index (κ2) is 4.57. The van der Waals surface area contributed by atoms with Crippen molar-refractivity contribution in [1.29, 1.82) is 0 Å². The van der Waals surface area contributed by atoms with Gasteiger partial charge in [-0.15, -0.1) is 11.8 Å². The average Bonchev–Trinajstić information content (AvgIpc) is 2.66. The van der Waals surface area contributed by atoms with Gasteiger partial charge in [0.2, 0.25) is 0 Å². The molecule has 84 valence electrons. The van der Waals surface area contributed by atoms with Crippen molar-refractivity contribution >= 4 is 17.4 Å². The van der Waals surface area contributed by atoms with Crippen LogP contribution in [0.1, 0.15) is 11.4 Å². The van der Waals surface area contributed by atoms with Crippen LogP contribution in [-0.2, 0) is 12.8 Å². The molecule has 2 aromatic rings. The van der Waals surface area contributed by atoms with Crippen molar-refractivity contribution in [1.82, 2.24) is 14.8 Å². The monoisotopic (exact) mass is 234 g/mol. The Hall–Kier alpha value is -1.49. The second-order valence-corrected chi connectivity index (χ2v) is 4.63. The fraction of sp³-hybridized carbons (Fsp3) is 0.273. The van der Waals surface area contributed by atoms with Crippen molar-refractivity contribution in [2.45, 2.75) is 17.6 Å². The van der Waals surface area contributed by atoms with E-state index in [9.17, 15) is 0 Å². The number of hydrogen-bond donors (Lipinski definition) is 1. The third-order valence-electron chi connectivity index (χ3n) is 2.37. The molecule has 0 bridgehead atoms. The van der Waals surface area contributed by atoms with Gasteiger partial charge in [0, 0.05) is 17.6 Å². The van der Waals surface area contributed by atoms with Crippen LogP contribution < -0.4 is 5.73 Å². The highest BCUT2D eigenvalue weighted by atomic mass is 32.2. The minimum Gasteiger partial charge on any atom is -0.399 e. The van der Waals surface area contributed by atoms with Crippen LogP contribution in [0.2, 0.25) is 0 Å². The van der Waals surface area contributed by atoms with Gasteiger partial charge >= 0.3 is 0 Å². The zero-order valence-electron chi connectivity index (χ0n) is 9.34. The number of aryl methyl sites for hydroxylation is 2. The molecule has 0 fully saturated rings. The highest BCUT2D eigenvalue weighted by Gasteiger charge is 2.04. The Balaban J connectivity index is 2.10. The smallest absolute Gasteiger partial charge is 0.138 e. The molecular formula is C11H14N4S. The molecule has 2 N–H and O–H groups in total. The van der Waals surface area contributed by atoms with Gasteiger partial charge in [0.05, 0.1) is 5.75 Å². The Bertz CT molecular complexity index is 492. The van der Waals surface area contributed by atoms with Crippen LogP contribution in [0.15, 0.2) is 29.4 Å². The first kappa shape index (κ1) is 11.0. The van der Waals surface area contributed by atoms with Gasteiger partial charge in [0.25, 0.3) is 0 Å². The van der Waals surface area contributed by atoms with E-state index in [0.717, 1.165) is 17.3 Å². The van der Waals surface area contributed by atoms with E-state index >= 15 is 0 Å². The van der Waals surface area contributed by atoms with Crippen LogP contribution in [0, 0.1) is 6.92 Å². The highest BCUT2D eigenvalue weighted by molar-refractivity contribution is 7.98. The summed E-state index contributed by atoms with van der Waals surface area (Å²) in [5, 5.41) is 4.04. The van der Waals surface area contributed by atoms with Crippen LogP contribution >= 0.6 is 11.8 Å². The molecular weight excluding hydrogens is 220 g/mol.